The third-order valence-electron chi connectivity index (χ3n) is 9.39. The van der Waals surface area contributed by atoms with Crippen LogP contribution in [0.1, 0.15) is 187 Å². The minimum Gasteiger partial charge on any atom is -0.391 e. The van der Waals surface area contributed by atoms with E-state index in [1.165, 1.54) is 83.5 Å². The Morgan fingerprint density at radius 1 is 0.630 bits per heavy atom. The Balaban J connectivity index is 4.25. The molecule has 0 aliphatic heterocycles. The van der Waals surface area contributed by atoms with E-state index in [9.17, 15) is 19.4 Å². The van der Waals surface area contributed by atoms with Crippen LogP contribution in [0.3, 0.4) is 0 Å². The second-order valence-electron chi connectivity index (χ2n) is 14.5. The van der Waals surface area contributed by atoms with Crippen molar-refractivity contribution in [1.82, 2.24) is 5.32 Å². The maximum Gasteiger partial charge on any atom is 0.472 e. The molecule has 9 heteroatoms. The van der Waals surface area contributed by atoms with Crippen molar-refractivity contribution in [2.45, 2.75) is 199 Å². The minimum absolute atomic E-state index is 0.0804. The number of phosphoric ester groups is 1. The number of hydrogen-bond acceptors (Lipinski definition) is 6. The smallest absolute Gasteiger partial charge is 0.391 e. The van der Waals surface area contributed by atoms with E-state index in [4.69, 9.17) is 14.8 Å². The van der Waals surface area contributed by atoms with E-state index in [-0.39, 0.29) is 25.7 Å². The van der Waals surface area contributed by atoms with Gasteiger partial charge in [0.1, 0.15) is 0 Å². The fourth-order valence-corrected chi connectivity index (χ4v) is 6.86. The average Bonchev–Trinajstić information content (AvgIpc) is 3.16. The first kappa shape index (κ1) is 52.2. The van der Waals surface area contributed by atoms with E-state index in [1.807, 2.05) is 0 Å². The van der Waals surface area contributed by atoms with Gasteiger partial charge in [-0.25, -0.2) is 4.57 Å². The summed E-state index contributed by atoms with van der Waals surface area (Å²) in [6.45, 7) is 4.06. The lowest BCUT2D eigenvalue weighted by Gasteiger charge is -2.25. The summed E-state index contributed by atoms with van der Waals surface area (Å²) in [5.41, 5.74) is 5.38. The van der Waals surface area contributed by atoms with Crippen LogP contribution in [0.25, 0.3) is 0 Å². The lowest BCUT2D eigenvalue weighted by atomic mass is 10.0. The number of carbonyl (C=O) groups excluding carboxylic acids is 1. The molecule has 0 aromatic carbocycles. The molecule has 3 atom stereocenters. The molecule has 3 unspecified atom stereocenters. The summed E-state index contributed by atoms with van der Waals surface area (Å²) in [5.74, 6) is -0.194. The van der Waals surface area contributed by atoms with Crippen molar-refractivity contribution in [1.29, 1.82) is 0 Å². The van der Waals surface area contributed by atoms with E-state index in [1.54, 1.807) is 0 Å². The Hall–Kier alpha value is -1.80. The van der Waals surface area contributed by atoms with Gasteiger partial charge < -0.3 is 21.1 Å². The summed E-state index contributed by atoms with van der Waals surface area (Å²) in [7, 11) is -4.33. The summed E-state index contributed by atoms with van der Waals surface area (Å²) in [6, 6.07) is -0.794. The molecule has 0 saturated carbocycles. The molecule has 0 fully saturated rings. The third-order valence-corrected chi connectivity index (χ3v) is 10.4. The average molecular weight is 779 g/mol. The number of carbonyl (C=O) groups is 1. The summed E-state index contributed by atoms with van der Waals surface area (Å²) in [4.78, 5) is 22.7. The fraction of sp³-hybridized carbons (Fsp3) is 0.756. The highest BCUT2D eigenvalue weighted by Crippen LogP contribution is 2.43. The molecule has 5 N–H and O–H groups in total. The Morgan fingerprint density at radius 2 is 1.07 bits per heavy atom. The molecule has 0 heterocycles. The zero-order valence-electron chi connectivity index (χ0n) is 34.7. The minimum atomic E-state index is -4.33. The monoisotopic (exact) mass is 779 g/mol. The van der Waals surface area contributed by atoms with Gasteiger partial charge in [-0.2, -0.15) is 0 Å². The van der Waals surface area contributed by atoms with Crippen LogP contribution in [0.4, 0.5) is 0 Å². The van der Waals surface area contributed by atoms with Gasteiger partial charge in [-0.3, -0.25) is 13.8 Å². The summed E-state index contributed by atoms with van der Waals surface area (Å²) >= 11 is 0. The number of rotatable bonds is 40. The van der Waals surface area contributed by atoms with Crippen LogP contribution >= 0.6 is 7.82 Å². The van der Waals surface area contributed by atoms with Crippen LogP contribution < -0.4 is 11.1 Å². The van der Waals surface area contributed by atoms with E-state index in [0.29, 0.717) is 12.8 Å². The van der Waals surface area contributed by atoms with Crippen molar-refractivity contribution >= 4 is 13.7 Å². The molecular weight excluding hydrogens is 695 g/mol. The second kappa shape index (κ2) is 40.9. The van der Waals surface area contributed by atoms with Crippen LogP contribution in [0.15, 0.2) is 60.8 Å². The van der Waals surface area contributed by atoms with Crippen molar-refractivity contribution in [2.75, 3.05) is 19.8 Å². The molecule has 0 aromatic rings. The molecule has 0 rings (SSSR count). The standard InChI is InChI=1S/C45H83N2O6P/c1-3-5-7-9-11-13-15-17-19-21-22-23-25-27-29-31-33-35-37-39-45(49)47-43(42-53-54(50,51)52-41-40-46)44(48)38-36-34-32-30-28-26-24-20-18-16-14-12-10-8-6-4-2/h5,7,11,13,17,19,22-23,27,29,43-44,48H,3-4,6,8-10,12,14-16,18,20-21,24-26,28,30-42,46H2,1-2H3,(H,47,49)(H,50,51)/b7-5-,13-11-,19-17-,23-22-,29-27-. The number of unbranched alkanes of at least 4 members (excludes halogenated alkanes) is 18. The molecular formula is C45H83N2O6P. The summed E-state index contributed by atoms with van der Waals surface area (Å²) in [5, 5.41) is 13.8. The van der Waals surface area contributed by atoms with E-state index in [2.05, 4.69) is 79.9 Å². The molecule has 0 spiro atoms. The van der Waals surface area contributed by atoms with Crippen LogP contribution in [0, 0.1) is 0 Å². The van der Waals surface area contributed by atoms with Gasteiger partial charge in [0, 0.05) is 13.0 Å². The van der Waals surface area contributed by atoms with Crippen molar-refractivity contribution in [3.05, 3.63) is 60.8 Å². The first-order valence-corrected chi connectivity index (χ1v) is 23.4. The SMILES string of the molecule is CC/C=C\C/C=C\C/C=C\C/C=C\C/C=C\CCCCCC(=O)NC(COP(=O)(O)OCCN)C(O)CCCCCCCCCCCCCCCCCC. The molecule has 0 bridgehead atoms. The number of phosphoric acid groups is 1. The predicted molar refractivity (Wildman–Crippen MR) is 230 cm³/mol. The zero-order chi connectivity index (χ0) is 39.6. The normalized spacial score (nSPS) is 14.7. The summed E-state index contributed by atoms with van der Waals surface area (Å²) < 4.78 is 22.2. The molecule has 0 aliphatic carbocycles. The molecule has 0 saturated heterocycles. The van der Waals surface area contributed by atoms with Gasteiger partial charge in [-0.1, -0.05) is 184 Å². The lowest BCUT2D eigenvalue weighted by molar-refractivity contribution is -0.123. The number of hydrogen-bond donors (Lipinski definition) is 4. The molecule has 1 amide bonds. The van der Waals surface area contributed by atoms with Gasteiger partial charge in [0.05, 0.1) is 25.4 Å². The fourth-order valence-electron chi connectivity index (χ4n) is 6.10. The number of aliphatic hydroxyl groups excluding tert-OH is 1. The molecule has 0 radical (unpaired) electrons. The zero-order valence-corrected chi connectivity index (χ0v) is 35.6. The van der Waals surface area contributed by atoms with Crippen LogP contribution in [-0.2, 0) is 18.4 Å². The lowest BCUT2D eigenvalue weighted by Crippen LogP contribution is -2.46. The highest BCUT2D eigenvalue weighted by Gasteiger charge is 2.27. The molecule has 314 valence electrons. The first-order valence-electron chi connectivity index (χ1n) is 21.9. The number of nitrogens with two attached hydrogens (primary N) is 1. The maximum atomic E-state index is 12.8. The number of aliphatic hydroxyl groups is 1. The van der Waals surface area contributed by atoms with Crippen molar-refractivity contribution in [3.63, 3.8) is 0 Å². The van der Waals surface area contributed by atoms with Gasteiger partial charge in [-0.15, -0.1) is 0 Å². The highest BCUT2D eigenvalue weighted by atomic mass is 31.2. The van der Waals surface area contributed by atoms with E-state index < -0.39 is 20.0 Å². The molecule has 0 aromatic heterocycles. The topological polar surface area (TPSA) is 131 Å². The van der Waals surface area contributed by atoms with Gasteiger partial charge >= 0.3 is 7.82 Å². The van der Waals surface area contributed by atoms with Gasteiger partial charge in [-0.05, 0) is 57.8 Å². The first-order chi connectivity index (χ1) is 26.4. The van der Waals surface area contributed by atoms with Gasteiger partial charge in [0.15, 0.2) is 0 Å². The number of amides is 1. The van der Waals surface area contributed by atoms with Crippen LogP contribution in [-0.4, -0.2) is 47.8 Å². The Bertz CT molecular complexity index is 1030. The van der Waals surface area contributed by atoms with Crippen molar-refractivity contribution in [2.24, 2.45) is 5.73 Å². The molecule has 54 heavy (non-hydrogen) atoms. The highest BCUT2D eigenvalue weighted by molar-refractivity contribution is 7.47. The number of allylic oxidation sites excluding steroid dienone is 10. The van der Waals surface area contributed by atoms with E-state index >= 15 is 0 Å². The predicted octanol–water partition coefficient (Wildman–Crippen LogP) is 12.3. The van der Waals surface area contributed by atoms with Crippen LogP contribution in [0.2, 0.25) is 0 Å². The van der Waals surface area contributed by atoms with Gasteiger partial charge in [0.25, 0.3) is 0 Å². The molecule has 0 aliphatic rings. The largest absolute Gasteiger partial charge is 0.472 e. The second-order valence-corrected chi connectivity index (χ2v) is 16.0. The van der Waals surface area contributed by atoms with Gasteiger partial charge in [0.2, 0.25) is 5.91 Å². The quantitative estimate of drug-likeness (QED) is 0.0277. The maximum absolute atomic E-state index is 12.8. The Labute approximate surface area is 332 Å². The third kappa shape index (κ3) is 38.5. The van der Waals surface area contributed by atoms with E-state index in [0.717, 1.165) is 77.0 Å². The van der Waals surface area contributed by atoms with Crippen LogP contribution in [0.5, 0.6) is 0 Å². The Morgan fingerprint density at radius 3 is 1.56 bits per heavy atom. The summed E-state index contributed by atoms with van der Waals surface area (Å²) in [6.07, 6.45) is 50.8. The van der Waals surface area contributed by atoms with Crippen molar-refractivity contribution in [3.8, 4) is 0 Å². The van der Waals surface area contributed by atoms with Crippen molar-refractivity contribution < 1.29 is 28.4 Å². The molecule has 8 nitrogen and oxygen atoms in total. The Kier molecular flexibility index (Phi) is 39.5. The number of nitrogens with one attached hydrogen (secondary N) is 1.